The van der Waals surface area contributed by atoms with Gasteiger partial charge in [-0.15, -0.1) is 0 Å². The van der Waals surface area contributed by atoms with Gasteiger partial charge in [-0.3, -0.25) is 9.69 Å². The highest BCUT2D eigenvalue weighted by Gasteiger charge is 2.29. The van der Waals surface area contributed by atoms with Crippen LogP contribution >= 0.6 is 0 Å². The molecule has 5 nitrogen and oxygen atoms in total. The maximum Gasteiger partial charge on any atom is 0.339 e. The maximum absolute atomic E-state index is 12.6. The molecule has 1 atom stereocenters. The standard InChI is InChI=1S/C15H22N2O3/c1-9-12(15(19)20-4)10(2)16-13(9)14(18)11(3)17-7-5-6-8-17/h11,16H,5-8H2,1-4H3. The van der Waals surface area contributed by atoms with Crippen LogP contribution in [0.25, 0.3) is 0 Å². The number of nitrogens with zero attached hydrogens (tertiary/aromatic N) is 1. The number of rotatable bonds is 4. The van der Waals surface area contributed by atoms with Crippen LogP contribution in [0.5, 0.6) is 0 Å². The number of hydrogen-bond acceptors (Lipinski definition) is 4. The molecule has 0 saturated carbocycles. The number of carbonyl (C=O) groups excluding carboxylic acids is 2. The van der Waals surface area contributed by atoms with Crippen LogP contribution in [-0.2, 0) is 4.74 Å². The first-order chi connectivity index (χ1) is 9.47. The zero-order chi connectivity index (χ0) is 14.9. The van der Waals surface area contributed by atoms with Crippen LogP contribution in [0, 0.1) is 13.8 Å². The molecule has 1 aromatic heterocycles. The van der Waals surface area contributed by atoms with E-state index in [2.05, 4.69) is 9.88 Å². The van der Waals surface area contributed by atoms with E-state index in [1.165, 1.54) is 7.11 Å². The van der Waals surface area contributed by atoms with Crippen LogP contribution in [-0.4, -0.2) is 47.9 Å². The molecule has 0 amide bonds. The Balaban J connectivity index is 2.28. The fourth-order valence-corrected chi connectivity index (χ4v) is 2.91. The molecule has 1 unspecified atom stereocenters. The van der Waals surface area contributed by atoms with Gasteiger partial charge in [-0.05, 0) is 52.3 Å². The van der Waals surface area contributed by atoms with Gasteiger partial charge in [0.1, 0.15) is 0 Å². The van der Waals surface area contributed by atoms with Crippen LogP contribution in [0.15, 0.2) is 0 Å². The Kier molecular flexibility index (Phi) is 4.28. The van der Waals surface area contributed by atoms with Crippen LogP contribution in [0.3, 0.4) is 0 Å². The number of likely N-dealkylation sites (tertiary alicyclic amines) is 1. The summed E-state index contributed by atoms with van der Waals surface area (Å²) in [5.74, 6) is -0.355. The highest BCUT2D eigenvalue weighted by molar-refractivity contribution is 6.03. The molecule has 0 bridgehead atoms. The number of ether oxygens (including phenoxy) is 1. The number of ketones is 1. The van der Waals surface area contributed by atoms with E-state index in [9.17, 15) is 9.59 Å². The Labute approximate surface area is 119 Å². The number of aromatic amines is 1. The molecule has 1 aromatic rings. The van der Waals surface area contributed by atoms with Gasteiger partial charge in [0.25, 0.3) is 0 Å². The minimum absolute atomic E-state index is 0.0441. The number of esters is 1. The Morgan fingerprint density at radius 3 is 2.40 bits per heavy atom. The van der Waals surface area contributed by atoms with Gasteiger partial charge in [0, 0.05) is 5.69 Å². The summed E-state index contributed by atoms with van der Waals surface area (Å²) in [7, 11) is 1.35. The highest BCUT2D eigenvalue weighted by Crippen LogP contribution is 2.22. The topological polar surface area (TPSA) is 62.4 Å². The second-order valence-corrected chi connectivity index (χ2v) is 5.40. The number of carbonyl (C=O) groups is 2. The summed E-state index contributed by atoms with van der Waals surface area (Å²) >= 11 is 0. The van der Waals surface area contributed by atoms with Crippen molar-refractivity contribution in [2.45, 2.75) is 39.7 Å². The molecular weight excluding hydrogens is 256 g/mol. The molecule has 2 rings (SSSR count). The summed E-state index contributed by atoms with van der Waals surface area (Å²) in [5.41, 5.74) is 2.38. The molecular formula is C15H22N2O3. The third kappa shape index (κ3) is 2.50. The fraction of sp³-hybridized carbons (Fsp3) is 0.600. The van der Waals surface area contributed by atoms with Crippen molar-refractivity contribution in [3.63, 3.8) is 0 Å². The van der Waals surface area contributed by atoms with Gasteiger partial charge < -0.3 is 9.72 Å². The van der Waals surface area contributed by atoms with E-state index in [-0.39, 0.29) is 11.8 Å². The molecule has 110 valence electrons. The minimum atomic E-state index is -0.399. The first-order valence-corrected chi connectivity index (χ1v) is 7.03. The fourth-order valence-electron chi connectivity index (χ4n) is 2.91. The van der Waals surface area contributed by atoms with Crippen molar-refractivity contribution in [2.75, 3.05) is 20.2 Å². The minimum Gasteiger partial charge on any atom is -0.465 e. The number of nitrogens with one attached hydrogen (secondary N) is 1. The average Bonchev–Trinajstić information content (AvgIpc) is 3.05. The largest absolute Gasteiger partial charge is 0.465 e. The van der Waals surface area contributed by atoms with Crippen molar-refractivity contribution >= 4 is 11.8 Å². The maximum atomic E-state index is 12.6. The normalized spacial score (nSPS) is 17.2. The second kappa shape index (κ2) is 5.79. The average molecular weight is 278 g/mol. The lowest BCUT2D eigenvalue weighted by Gasteiger charge is -2.22. The first-order valence-electron chi connectivity index (χ1n) is 7.03. The molecule has 5 heteroatoms. The molecule has 0 aliphatic carbocycles. The highest BCUT2D eigenvalue weighted by atomic mass is 16.5. The number of aryl methyl sites for hydroxylation is 1. The number of Topliss-reactive ketones (excluding diaryl/α,β-unsaturated/α-hetero) is 1. The van der Waals surface area contributed by atoms with E-state index in [1.54, 1.807) is 13.8 Å². The van der Waals surface area contributed by atoms with Crippen molar-refractivity contribution in [1.82, 2.24) is 9.88 Å². The van der Waals surface area contributed by atoms with E-state index in [0.717, 1.165) is 25.9 Å². The van der Waals surface area contributed by atoms with Crippen molar-refractivity contribution in [2.24, 2.45) is 0 Å². The number of hydrogen-bond donors (Lipinski definition) is 1. The van der Waals surface area contributed by atoms with Crippen LogP contribution in [0.4, 0.5) is 0 Å². The molecule has 1 fully saturated rings. The molecule has 0 spiro atoms. The van der Waals surface area contributed by atoms with E-state index in [1.807, 2.05) is 6.92 Å². The van der Waals surface area contributed by atoms with Gasteiger partial charge in [-0.1, -0.05) is 0 Å². The van der Waals surface area contributed by atoms with Crippen LogP contribution in [0.2, 0.25) is 0 Å². The molecule has 20 heavy (non-hydrogen) atoms. The summed E-state index contributed by atoms with van der Waals surface area (Å²) in [5, 5.41) is 0. The molecule has 1 saturated heterocycles. The third-order valence-electron chi connectivity index (χ3n) is 4.14. The van der Waals surface area contributed by atoms with Gasteiger partial charge in [-0.2, -0.15) is 0 Å². The molecule has 1 N–H and O–H groups in total. The van der Waals surface area contributed by atoms with Crippen LogP contribution in [0.1, 0.15) is 51.9 Å². The molecule has 1 aliphatic heterocycles. The molecule has 2 heterocycles. The van der Waals surface area contributed by atoms with Crippen LogP contribution < -0.4 is 0 Å². The summed E-state index contributed by atoms with van der Waals surface area (Å²) in [4.78, 5) is 29.6. The summed E-state index contributed by atoms with van der Waals surface area (Å²) in [6.45, 7) is 7.45. The molecule has 0 radical (unpaired) electrons. The Bertz CT molecular complexity index is 527. The zero-order valence-electron chi connectivity index (χ0n) is 12.6. The van der Waals surface area contributed by atoms with Gasteiger partial charge in [-0.25, -0.2) is 4.79 Å². The Morgan fingerprint density at radius 1 is 1.25 bits per heavy atom. The lowest BCUT2D eigenvalue weighted by molar-refractivity contribution is 0.0599. The first kappa shape index (κ1) is 14.8. The van der Waals surface area contributed by atoms with E-state index in [4.69, 9.17) is 4.74 Å². The monoisotopic (exact) mass is 278 g/mol. The summed E-state index contributed by atoms with van der Waals surface area (Å²) in [6.07, 6.45) is 2.29. The van der Waals surface area contributed by atoms with Gasteiger partial charge in [0.05, 0.1) is 24.4 Å². The van der Waals surface area contributed by atoms with Gasteiger partial charge in [0.2, 0.25) is 0 Å². The summed E-state index contributed by atoms with van der Waals surface area (Å²) < 4.78 is 4.77. The predicted octanol–water partition coefficient (Wildman–Crippen LogP) is 2.09. The second-order valence-electron chi connectivity index (χ2n) is 5.40. The molecule has 1 aliphatic rings. The SMILES string of the molecule is COC(=O)c1c(C)[nH]c(C(=O)C(C)N2CCCC2)c1C. The summed E-state index contributed by atoms with van der Waals surface area (Å²) in [6, 6.07) is -0.153. The quantitative estimate of drug-likeness (QED) is 0.676. The zero-order valence-corrected chi connectivity index (χ0v) is 12.6. The van der Waals surface area contributed by atoms with Crippen molar-refractivity contribution in [3.8, 4) is 0 Å². The van der Waals surface area contributed by atoms with Gasteiger partial charge >= 0.3 is 5.97 Å². The third-order valence-corrected chi connectivity index (χ3v) is 4.14. The Hall–Kier alpha value is -1.62. The predicted molar refractivity (Wildman–Crippen MR) is 76.2 cm³/mol. The van der Waals surface area contributed by atoms with Gasteiger partial charge in [0.15, 0.2) is 5.78 Å². The van der Waals surface area contributed by atoms with Crippen molar-refractivity contribution in [1.29, 1.82) is 0 Å². The Morgan fingerprint density at radius 2 is 1.85 bits per heavy atom. The lowest BCUT2D eigenvalue weighted by atomic mass is 10.0. The number of aromatic nitrogens is 1. The molecule has 0 aromatic carbocycles. The number of H-pyrrole nitrogens is 1. The smallest absolute Gasteiger partial charge is 0.339 e. The van der Waals surface area contributed by atoms with E-state index in [0.29, 0.717) is 22.5 Å². The van der Waals surface area contributed by atoms with E-state index < -0.39 is 5.97 Å². The van der Waals surface area contributed by atoms with Crippen molar-refractivity contribution < 1.29 is 14.3 Å². The van der Waals surface area contributed by atoms with Crippen molar-refractivity contribution in [3.05, 3.63) is 22.5 Å². The number of methoxy groups -OCH3 is 1. The van der Waals surface area contributed by atoms with E-state index >= 15 is 0 Å². The lowest BCUT2D eigenvalue weighted by Crippen LogP contribution is -2.37.